The van der Waals surface area contributed by atoms with Crippen molar-refractivity contribution in [3.63, 3.8) is 0 Å². The summed E-state index contributed by atoms with van der Waals surface area (Å²) in [6, 6.07) is -0.877. The molecule has 7 nitrogen and oxygen atoms in total. The summed E-state index contributed by atoms with van der Waals surface area (Å²) in [5.74, 6) is -1.36. The molecule has 0 aromatic rings. The fourth-order valence-electron chi connectivity index (χ4n) is 6.33. The minimum atomic E-state index is -1.02. The fourth-order valence-corrected chi connectivity index (χ4v) is 6.33. The molecule has 0 aliphatic heterocycles. The molecular weight excluding hydrogens is 697 g/mol. The van der Waals surface area contributed by atoms with Crippen LogP contribution in [0.5, 0.6) is 0 Å². The molecule has 0 saturated carbocycles. The highest BCUT2D eigenvalue weighted by Gasteiger charge is 2.19. The molecule has 0 spiro atoms. The molecule has 0 aliphatic carbocycles. The van der Waals surface area contributed by atoms with Crippen molar-refractivity contribution in [3.8, 4) is 0 Å². The lowest BCUT2D eigenvalue weighted by atomic mass is 10.0. The van der Waals surface area contributed by atoms with E-state index in [1.54, 1.807) is 0 Å². The molecule has 0 radical (unpaired) electrons. The fraction of sp³-hybridized carbons (Fsp3) is 0.694. The molecule has 0 aromatic heterocycles. The van der Waals surface area contributed by atoms with E-state index < -0.39 is 12.0 Å². The molecule has 0 heterocycles. The SMILES string of the molecule is CC/C=C\C/C=C\C/C=C\C/C=C\CCCCCCCCCCCCC(=O)OC(/C=C\C/C=C\CCCCC)CCCCCCC(=O)NC(CCCN)C(=O)O. The minimum Gasteiger partial charge on any atom is -0.480 e. The second kappa shape index (κ2) is 42.9. The average molecular weight is 781 g/mol. The molecular formula is C49H84N2O5. The summed E-state index contributed by atoms with van der Waals surface area (Å²) < 4.78 is 5.91. The molecule has 0 rings (SSSR count). The van der Waals surface area contributed by atoms with Crippen LogP contribution >= 0.6 is 0 Å². The van der Waals surface area contributed by atoms with E-state index in [2.05, 4.69) is 86.0 Å². The van der Waals surface area contributed by atoms with E-state index in [0.29, 0.717) is 38.6 Å². The lowest BCUT2D eigenvalue weighted by molar-refractivity contribution is -0.147. The number of carboxylic acid groups (broad SMARTS) is 1. The van der Waals surface area contributed by atoms with Gasteiger partial charge in [0.05, 0.1) is 0 Å². The van der Waals surface area contributed by atoms with E-state index >= 15 is 0 Å². The van der Waals surface area contributed by atoms with E-state index in [1.807, 2.05) is 6.08 Å². The van der Waals surface area contributed by atoms with Crippen LogP contribution in [-0.4, -0.2) is 41.6 Å². The summed E-state index contributed by atoms with van der Waals surface area (Å²) in [4.78, 5) is 36.4. The predicted octanol–water partition coefficient (Wildman–Crippen LogP) is 13.1. The van der Waals surface area contributed by atoms with Crippen molar-refractivity contribution in [1.29, 1.82) is 0 Å². The predicted molar refractivity (Wildman–Crippen MR) is 239 cm³/mol. The largest absolute Gasteiger partial charge is 0.480 e. The van der Waals surface area contributed by atoms with Gasteiger partial charge in [0.1, 0.15) is 12.1 Å². The number of carboxylic acids is 1. The number of hydrogen-bond acceptors (Lipinski definition) is 5. The van der Waals surface area contributed by atoms with Gasteiger partial charge in [0.15, 0.2) is 0 Å². The molecule has 4 N–H and O–H groups in total. The Morgan fingerprint density at radius 1 is 0.554 bits per heavy atom. The van der Waals surface area contributed by atoms with Crippen LogP contribution in [0.4, 0.5) is 0 Å². The van der Waals surface area contributed by atoms with Crippen LogP contribution < -0.4 is 11.1 Å². The first kappa shape index (κ1) is 52.8. The topological polar surface area (TPSA) is 119 Å². The van der Waals surface area contributed by atoms with Gasteiger partial charge in [-0.1, -0.05) is 158 Å². The molecule has 56 heavy (non-hydrogen) atoms. The quantitative estimate of drug-likeness (QED) is 0.0324. The summed E-state index contributed by atoms with van der Waals surface area (Å²) >= 11 is 0. The number of nitrogens with one attached hydrogen (secondary N) is 1. The maximum absolute atomic E-state index is 12.7. The Morgan fingerprint density at radius 3 is 1.59 bits per heavy atom. The summed E-state index contributed by atoms with van der Waals surface area (Å²) in [6.45, 7) is 4.78. The van der Waals surface area contributed by atoms with Gasteiger partial charge < -0.3 is 20.9 Å². The Balaban J connectivity index is 4.17. The van der Waals surface area contributed by atoms with Gasteiger partial charge in [-0.05, 0) is 109 Å². The third kappa shape index (κ3) is 39.1. The summed E-state index contributed by atoms with van der Waals surface area (Å²) in [5, 5.41) is 11.9. The van der Waals surface area contributed by atoms with Gasteiger partial charge in [0.25, 0.3) is 0 Å². The molecule has 320 valence electrons. The van der Waals surface area contributed by atoms with Gasteiger partial charge in [-0.25, -0.2) is 4.79 Å². The number of carbonyl (C=O) groups excluding carboxylic acids is 2. The molecule has 2 unspecified atom stereocenters. The van der Waals surface area contributed by atoms with Crippen molar-refractivity contribution < 1.29 is 24.2 Å². The molecule has 1 amide bonds. The number of ether oxygens (including phenoxy) is 1. The third-order valence-electron chi connectivity index (χ3n) is 9.74. The normalized spacial score (nSPS) is 13.3. The van der Waals surface area contributed by atoms with Crippen LogP contribution in [0.2, 0.25) is 0 Å². The number of rotatable bonds is 40. The summed E-state index contributed by atoms with van der Waals surface area (Å²) in [7, 11) is 0. The first-order valence-electron chi connectivity index (χ1n) is 22.8. The molecule has 0 aromatic carbocycles. The van der Waals surface area contributed by atoms with Crippen molar-refractivity contribution >= 4 is 17.8 Å². The second-order valence-corrected chi connectivity index (χ2v) is 15.1. The van der Waals surface area contributed by atoms with Crippen molar-refractivity contribution in [3.05, 3.63) is 72.9 Å². The van der Waals surface area contributed by atoms with Crippen molar-refractivity contribution in [1.82, 2.24) is 5.32 Å². The van der Waals surface area contributed by atoms with Crippen LogP contribution in [0.1, 0.15) is 200 Å². The molecule has 0 fully saturated rings. The van der Waals surface area contributed by atoms with Crippen LogP contribution in [-0.2, 0) is 19.1 Å². The zero-order valence-corrected chi connectivity index (χ0v) is 36.0. The van der Waals surface area contributed by atoms with Gasteiger partial charge in [-0.15, -0.1) is 0 Å². The second-order valence-electron chi connectivity index (χ2n) is 15.1. The van der Waals surface area contributed by atoms with E-state index in [4.69, 9.17) is 10.5 Å². The first-order chi connectivity index (χ1) is 27.4. The Morgan fingerprint density at radius 2 is 1.04 bits per heavy atom. The minimum absolute atomic E-state index is 0.112. The maximum atomic E-state index is 12.7. The highest BCUT2D eigenvalue weighted by atomic mass is 16.5. The number of hydrogen-bond donors (Lipinski definition) is 3. The van der Waals surface area contributed by atoms with E-state index in [-0.39, 0.29) is 18.0 Å². The Bertz CT molecular complexity index is 1110. The Hall–Kier alpha value is -3.19. The van der Waals surface area contributed by atoms with E-state index in [0.717, 1.165) is 77.0 Å². The highest BCUT2D eigenvalue weighted by Crippen LogP contribution is 2.15. The van der Waals surface area contributed by atoms with Gasteiger partial charge in [-0.2, -0.15) is 0 Å². The van der Waals surface area contributed by atoms with Crippen molar-refractivity contribution in [2.45, 2.75) is 212 Å². The Kier molecular flexibility index (Phi) is 40.5. The lowest BCUT2D eigenvalue weighted by Gasteiger charge is -2.15. The van der Waals surface area contributed by atoms with Gasteiger partial charge >= 0.3 is 11.9 Å². The van der Waals surface area contributed by atoms with Gasteiger partial charge in [-0.3, -0.25) is 9.59 Å². The number of carbonyl (C=O) groups is 3. The highest BCUT2D eigenvalue weighted by molar-refractivity contribution is 5.83. The number of allylic oxidation sites excluding steroid dienone is 11. The van der Waals surface area contributed by atoms with E-state index in [9.17, 15) is 19.5 Å². The molecule has 7 heteroatoms. The van der Waals surface area contributed by atoms with Gasteiger partial charge in [0, 0.05) is 12.8 Å². The summed E-state index contributed by atoms with van der Waals surface area (Å²) in [5.41, 5.74) is 5.48. The number of aliphatic carboxylic acids is 1. The molecule has 2 atom stereocenters. The molecule has 0 bridgehead atoms. The smallest absolute Gasteiger partial charge is 0.326 e. The number of unbranched alkanes of at least 4 members (excludes halogenated alkanes) is 16. The zero-order valence-electron chi connectivity index (χ0n) is 36.0. The van der Waals surface area contributed by atoms with Gasteiger partial charge in [0.2, 0.25) is 5.91 Å². The maximum Gasteiger partial charge on any atom is 0.326 e. The lowest BCUT2D eigenvalue weighted by Crippen LogP contribution is -2.40. The van der Waals surface area contributed by atoms with Crippen LogP contribution in [0, 0.1) is 0 Å². The zero-order chi connectivity index (χ0) is 41.0. The summed E-state index contributed by atoms with van der Waals surface area (Å²) in [6.07, 6.45) is 55.4. The number of amides is 1. The first-order valence-corrected chi connectivity index (χ1v) is 22.8. The third-order valence-corrected chi connectivity index (χ3v) is 9.74. The van der Waals surface area contributed by atoms with Crippen LogP contribution in [0.15, 0.2) is 72.9 Å². The Labute approximate surface area is 343 Å². The average Bonchev–Trinajstić information content (AvgIpc) is 3.18. The van der Waals surface area contributed by atoms with Crippen molar-refractivity contribution in [2.24, 2.45) is 5.73 Å². The monoisotopic (exact) mass is 781 g/mol. The molecule has 0 aliphatic rings. The number of nitrogens with two attached hydrogens (primary N) is 1. The van der Waals surface area contributed by atoms with Crippen LogP contribution in [0.25, 0.3) is 0 Å². The van der Waals surface area contributed by atoms with Crippen molar-refractivity contribution in [2.75, 3.05) is 6.54 Å². The van der Waals surface area contributed by atoms with E-state index in [1.165, 1.54) is 77.0 Å². The standard InChI is InChI=1S/C49H84N2O5/c1-3-5-7-9-11-13-14-15-16-17-18-19-20-21-22-23-24-25-26-27-29-31-37-43-48(53)56-45(39-34-30-28-12-10-8-6-4-2)40-35-32-33-36-42-47(52)51-46(49(54)55)41-38-44-50/h5,7,11-13,15-16,18-19,28,34,39,45-46H,3-4,6,8-10,14,17,20-27,29-33,35-38,40-44,50H2,1-2H3,(H,51,52)(H,54,55)/b7-5-,13-11-,16-15-,19-18-,28-12-,39-34-. The van der Waals surface area contributed by atoms with Crippen LogP contribution in [0.3, 0.4) is 0 Å². The number of esters is 1. The molecule has 0 saturated heterocycles.